The fourth-order valence-electron chi connectivity index (χ4n) is 8.95. The third-order valence-electron chi connectivity index (χ3n) is 12.8. The van der Waals surface area contributed by atoms with Crippen LogP contribution in [0.4, 0.5) is 8.78 Å². The van der Waals surface area contributed by atoms with Gasteiger partial charge in [-0.15, -0.1) is 0 Å². The quantitative estimate of drug-likeness (QED) is 0.156. The summed E-state index contributed by atoms with van der Waals surface area (Å²) in [5, 5.41) is 17.1. The fraction of sp³-hybridized carbons (Fsp3) is 0.542. The molecule has 14 nitrogen and oxygen atoms in total. The van der Waals surface area contributed by atoms with Crippen LogP contribution in [0.2, 0.25) is 0 Å². The van der Waals surface area contributed by atoms with E-state index in [4.69, 9.17) is 0 Å². The first-order chi connectivity index (χ1) is 30.8. The lowest BCUT2D eigenvalue weighted by molar-refractivity contribution is -0.141. The van der Waals surface area contributed by atoms with Gasteiger partial charge < -0.3 is 41.7 Å². The molecule has 4 aliphatic rings. The van der Waals surface area contributed by atoms with Crippen LogP contribution < -0.4 is 31.9 Å². The van der Waals surface area contributed by atoms with Gasteiger partial charge in [0.15, 0.2) is 0 Å². The van der Waals surface area contributed by atoms with E-state index in [0.29, 0.717) is 12.8 Å². The summed E-state index contributed by atoms with van der Waals surface area (Å²) in [6.45, 7) is 2.55. The predicted octanol–water partition coefficient (Wildman–Crippen LogP) is 2.22. The average molecular weight is 883 g/mol. The number of rotatable bonds is 14. The molecule has 0 spiro atoms. The number of aryl methyl sites for hydroxylation is 2. The van der Waals surface area contributed by atoms with Crippen LogP contribution in [0.25, 0.3) is 0 Å². The van der Waals surface area contributed by atoms with Crippen LogP contribution in [0.1, 0.15) is 99.6 Å². The van der Waals surface area contributed by atoms with Crippen molar-refractivity contribution in [3.05, 3.63) is 70.8 Å². The number of hydrogen-bond donors (Lipinski definition) is 6. The molecule has 2 aliphatic heterocycles. The first-order valence-electron chi connectivity index (χ1n) is 22.4. The monoisotopic (exact) mass is 882 g/mol. The predicted molar refractivity (Wildman–Crippen MR) is 236 cm³/mol. The summed E-state index contributed by atoms with van der Waals surface area (Å²) in [6.07, 6.45) is 1.18. The van der Waals surface area contributed by atoms with E-state index in [-0.39, 0.29) is 50.9 Å². The van der Waals surface area contributed by atoms with Gasteiger partial charge in [-0.1, -0.05) is 60.4 Å². The molecule has 0 unspecified atom stereocenters. The highest BCUT2D eigenvalue weighted by atomic mass is 19.1. The van der Waals surface area contributed by atoms with Crippen LogP contribution in [0.3, 0.4) is 0 Å². The smallest absolute Gasteiger partial charge is 0.246 e. The summed E-state index contributed by atoms with van der Waals surface area (Å²) in [5.74, 6) is 7.57. The molecular formula is C48H60F2N8O6. The van der Waals surface area contributed by atoms with Gasteiger partial charge in [0.2, 0.25) is 35.4 Å². The second-order valence-corrected chi connectivity index (χ2v) is 17.1. The third-order valence-corrected chi connectivity index (χ3v) is 12.8. The molecule has 0 saturated carbocycles. The molecule has 16 heteroatoms. The highest BCUT2D eigenvalue weighted by Crippen LogP contribution is 2.32. The van der Waals surface area contributed by atoms with Crippen molar-refractivity contribution in [2.75, 3.05) is 27.2 Å². The molecule has 2 saturated heterocycles. The number of likely N-dealkylation sites (tertiary alicyclic amines) is 2. The van der Waals surface area contributed by atoms with E-state index in [0.717, 1.165) is 47.9 Å². The fourth-order valence-corrected chi connectivity index (χ4v) is 8.95. The van der Waals surface area contributed by atoms with Gasteiger partial charge in [-0.05, 0) is 101 Å². The molecule has 342 valence electrons. The largest absolute Gasteiger partial charge is 0.347 e. The number of carbonyl (C=O) groups excluding carboxylic acids is 6. The molecule has 64 heavy (non-hydrogen) atoms. The molecule has 2 aromatic rings. The summed E-state index contributed by atoms with van der Waals surface area (Å²) in [6, 6.07) is 9.06. The lowest BCUT2D eigenvalue weighted by Gasteiger charge is -2.31. The minimum atomic E-state index is -1.45. The van der Waals surface area contributed by atoms with Gasteiger partial charge >= 0.3 is 0 Å². The number of alkyl halides is 2. The van der Waals surface area contributed by atoms with Crippen molar-refractivity contribution in [3.63, 3.8) is 0 Å². The average Bonchev–Trinajstić information content (AvgIpc) is 3.90. The van der Waals surface area contributed by atoms with Crippen molar-refractivity contribution >= 4 is 35.4 Å². The minimum absolute atomic E-state index is 0.190. The molecule has 6 amide bonds. The molecule has 0 bridgehead atoms. The van der Waals surface area contributed by atoms with Crippen molar-refractivity contribution in [1.29, 1.82) is 0 Å². The van der Waals surface area contributed by atoms with E-state index in [1.807, 2.05) is 48.5 Å². The van der Waals surface area contributed by atoms with Gasteiger partial charge in [-0.3, -0.25) is 28.8 Å². The van der Waals surface area contributed by atoms with Crippen LogP contribution in [-0.4, -0.2) is 121 Å². The van der Waals surface area contributed by atoms with E-state index in [9.17, 15) is 28.8 Å². The number of benzene rings is 2. The van der Waals surface area contributed by atoms with Gasteiger partial charge in [0.05, 0.1) is 37.3 Å². The molecule has 0 radical (unpaired) electrons. The van der Waals surface area contributed by atoms with Crippen LogP contribution in [0.15, 0.2) is 48.5 Å². The zero-order valence-electron chi connectivity index (χ0n) is 37.0. The van der Waals surface area contributed by atoms with Crippen LogP contribution in [-0.2, 0) is 41.6 Å². The molecule has 6 N–H and O–H groups in total. The maximum atomic E-state index is 15.0. The summed E-state index contributed by atoms with van der Waals surface area (Å²) < 4.78 is 30.1. The first-order valence-corrected chi connectivity index (χ1v) is 22.4. The third kappa shape index (κ3) is 11.6. The highest BCUT2D eigenvalue weighted by molar-refractivity contribution is 5.95. The maximum Gasteiger partial charge on any atom is 0.246 e. The number of fused-ring (bicyclic) bond motifs is 2. The Hall–Kier alpha value is -5.84. The maximum absolute atomic E-state index is 15.0. The topological polar surface area (TPSA) is 181 Å². The molecule has 0 aromatic heterocycles. The standard InChI is InChI=1S/C48H60F2N8O6/c1-29(51-3)43(59)55-39(47(63)57-27-33(49)25-41(57)45(61)53-37-23-13-17-31-15-9-11-19-35(31)37)21-7-5-6-8-22-40(56-44(60)30(2)52-4)48(64)58-28-34(50)26-42(58)46(62)54-38-24-14-18-32-16-10-12-20-36(32)38/h9-12,15-16,19-20,29-30,33-34,37-42,51-52H,13-14,17-18,21-28H2,1-4H3,(H,53,61)(H,54,62)(H,55,59)(H,56,60)/t29-,30-,33-,34+,37+,38+,39-,40-,41-,42-/m0/s1. The molecule has 2 aromatic carbocycles. The van der Waals surface area contributed by atoms with Gasteiger partial charge in [-0.25, -0.2) is 8.78 Å². The number of hydrogen-bond acceptors (Lipinski definition) is 8. The summed E-state index contributed by atoms with van der Waals surface area (Å²) in [7, 11) is 3.17. The number of carbonyl (C=O) groups is 6. The summed E-state index contributed by atoms with van der Waals surface area (Å²) >= 11 is 0. The van der Waals surface area contributed by atoms with Crippen molar-refractivity contribution in [1.82, 2.24) is 41.7 Å². The molecular weight excluding hydrogens is 823 g/mol. The Kier molecular flexibility index (Phi) is 16.5. The van der Waals surface area contributed by atoms with E-state index >= 15 is 8.78 Å². The van der Waals surface area contributed by atoms with Gasteiger partial charge in [0, 0.05) is 25.7 Å². The molecule has 2 heterocycles. The Bertz CT molecular complexity index is 2030. The van der Waals surface area contributed by atoms with Crippen molar-refractivity contribution in [3.8, 4) is 23.7 Å². The van der Waals surface area contributed by atoms with Crippen molar-refractivity contribution < 1.29 is 37.5 Å². The first kappa shape index (κ1) is 47.6. The number of halogens is 2. The van der Waals surface area contributed by atoms with Crippen LogP contribution in [0, 0.1) is 23.7 Å². The highest BCUT2D eigenvalue weighted by Gasteiger charge is 2.44. The van der Waals surface area contributed by atoms with E-state index in [2.05, 4.69) is 55.6 Å². The normalized spacial score (nSPS) is 24.2. The molecule has 10 atom stereocenters. The van der Waals surface area contributed by atoms with Crippen molar-refractivity contribution in [2.24, 2.45) is 0 Å². The Labute approximate surface area is 374 Å². The van der Waals surface area contributed by atoms with Crippen LogP contribution in [0.5, 0.6) is 0 Å². The molecule has 2 aliphatic carbocycles. The zero-order chi connectivity index (χ0) is 45.9. The number of nitrogens with zero attached hydrogens (tertiary/aromatic N) is 2. The van der Waals surface area contributed by atoms with Crippen LogP contribution >= 0.6 is 0 Å². The Morgan fingerprint density at radius 1 is 0.641 bits per heavy atom. The van der Waals surface area contributed by atoms with Gasteiger partial charge in [0.1, 0.15) is 36.5 Å². The number of amides is 6. The summed E-state index contributed by atoms with van der Waals surface area (Å²) in [4.78, 5) is 84.0. The SMILES string of the molecule is CN[C@@H](C)C(=O)N[C@@H](CC#CC#CC[C@H](NC(=O)[C@H](C)NC)C(=O)N1C[C@@H](F)C[C@H]1C(=O)N[C@@H]1CCCc2ccccc21)C(=O)N1C[C@H](F)C[C@H]1C(=O)N[C@@H]1CCCc2ccccc21. The lowest BCUT2D eigenvalue weighted by Crippen LogP contribution is -2.55. The second kappa shape index (κ2) is 22.2. The zero-order valence-corrected chi connectivity index (χ0v) is 37.0. The Morgan fingerprint density at radius 2 is 1.03 bits per heavy atom. The van der Waals surface area contributed by atoms with Gasteiger partial charge in [-0.2, -0.15) is 0 Å². The van der Waals surface area contributed by atoms with Crippen molar-refractivity contribution in [2.45, 2.75) is 139 Å². The Balaban J connectivity index is 1.15. The number of nitrogens with one attached hydrogen (secondary N) is 6. The number of likely N-dealkylation sites (N-methyl/N-ethyl adjacent to an activating group) is 2. The minimum Gasteiger partial charge on any atom is -0.347 e. The molecule has 2 fully saturated rings. The molecule has 6 rings (SSSR count). The Morgan fingerprint density at radius 3 is 1.42 bits per heavy atom. The second-order valence-electron chi connectivity index (χ2n) is 17.1. The van der Waals surface area contributed by atoms with E-state index in [1.54, 1.807) is 27.9 Å². The summed E-state index contributed by atoms with van der Waals surface area (Å²) in [5.41, 5.74) is 4.27. The van der Waals surface area contributed by atoms with E-state index in [1.165, 1.54) is 9.80 Å². The van der Waals surface area contributed by atoms with Gasteiger partial charge in [0.25, 0.3) is 0 Å². The lowest BCUT2D eigenvalue weighted by atomic mass is 9.87. The van der Waals surface area contributed by atoms with E-state index < -0.39 is 84.0 Å².